The number of hydrogen-bond acceptors (Lipinski definition) is 10. The SMILES string of the molecule is COCCN(C(=O)c1cc2cccc(OC)c2o1)[C@@H]1CC(C(=O)NCCO)=C[C@H](Oc2c(I)cc(CO)cc2OC)[C@H]1O. The Labute approximate surface area is 262 Å². The van der Waals surface area contributed by atoms with Gasteiger partial charge in [-0.2, -0.15) is 0 Å². The summed E-state index contributed by atoms with van der Waals surface area (Å²) in [6.45, 7) is -0.217. The zero-order valence-corrected chi connectivity index (χ0v) is 26.2. The van der Waals surface area contributed by atoms with E-state index < -0.39 is 30.1 Å². The first kappa shape index (κ1) is 32.5. The van der Waals surface area contributed by atoms with E-state index >= 15 is 0 Å². The molecule has 3 aromatic rings. The third-order valence-corrected chi connectivity index (χ3v) is 7.88. The summed E-state index contributed by atoms with van der Waals surface area (Å²) in [5.74, 6) is 0.132. The summed E-state index contributed by atoms with van der Waals surface area (Å²) in [6.07, 6.45) is -0.861. The Morgan fingerprint density at radius 3 is 2.56 bits per heavy atom. The van der Waals surface area contributed by atoms with Crippen molar-refractivity contribution in [2.45, 2.75) is 31.3 Å². The number of aliphatic hydroxyl groups excluding tert-OH is 3. The first-order chi connectivity index (χ1) is 20.8. The number of aliphatic hydroxyl groups is 3. The average molecular weight is 711 g/mol. The van der Waals surface area contributed by atoms with Crippen molar-refractivity contribution in [3.63, 3.8) is 0 Å². The minimum atomic E-state index is -1.29. The van der Waals surface area contributed by atoms with E-state index in [4.69, 9.17) is 23.4 Å². The third-order valence-electron chi connectivity index (χ3n) is 7.08. The molecule has 2 aromatic carbocycles. The molecule has 12 nitrogen and oxygen atoms in total. The van der Waals surface area contributed by atoms with Crippen LogP contribution >= 0.6 is 22.6 Å². The van der Waals surface area contributed by atoms with E-state index in [9.17, 15) is 24.9 Å². The summed E-state index contributed by atoms with van der Waals surface area (Å²) in [5, 5.41) is 33.9. The molecule has 232 valence electrons. The highest BCUT2D eigenvalue weighted by atomic mass is 127. The number of fused-ring (bicyclic) bond motifs is 1. The summed E-state index contributed by atoms with van der Waals surface area (Å²) >= 11 is 2.04. The van der Waals surface area contributed by atoms with Gasteiger partial charge in [-0.3, -0.25) is 9.59 Å². The molecule has 1 aliphatic rings. The van der Waals surface area contributed by atoms with Crippen molar-refractivity contribution in [1.29, 1.82) is 0 Å². The molecule has 0 fully saturated rings. The van der Waals surface area contributed by atoms with Gasteiger partial charge in [-0.1, -0.05) is 12.1 Å². The maximum Gasteiger partial charge on any atom is 0.290 e. The van der Waals surface area contributed by atoms with E-state index in [0.717, 1.165) is 0 Å². The molecular formula is C30H35IN2O10. The van der Waals surface area contributed by atoms with Gasteiger partial charge in [0, 0.05) is 37.6 Å². The topological polar surface area (TPSA) is 160 Å². The van der Waals surface area contributed by atoms with Gasteiger partial charge in [-0.25, -0.2) is 0 Å². The summed E-state index contributed by atoms with van der Waals surface area (Å²) in [5.41, 5.74) is 1.27. The molecule has 0 saturated carbocycles. The van der Waals surface area contributed by atoms with Crippen LogP contribution in [-0.4, -0.2) is 97.9 Å². The number of nitrogens with one attached hydrogen (secondary N) is 1. The number of furan rings is 1. The molecule has 1 heterocycles. The molecule has 43 heavy (non-hydrogen) atoms. The molecule has 0 radical (unpaired) electrons. The second-order valence-corrected chi connectivity index (χ2v) is 10.9. The van der Waals surface area contributed by atoms with Crippen LogP contribution in [0.3, 0.4) is 0 Å². The fourth-order valence-electron chi connectivity index (χ4n) is 4.95. The number of para-hydroxylation sites is 1. The Morgan fingerprint density at radius 2 is 1.88 bits per heavy atom. The first-order valence-corrected chi connectivity index (χ1v) is 14.6. The smallest absolute Gasteiger partial charge is 0.290 e. The van der Waals surface area contributed by atoms with E-state index in [-0.39, 0.29) is 50.7 Å². The third kappa shape index (κ3) is 7.24. The Morgan fingerprint density at radius 1 is 1.12 bits per heavy atom. The molecule has 0 aliphatic heterocycles. The number of methoxy groups -OCH3 is 3. The normalized spacial score (nSPS) is 18.2. The number of ether oxygens (including phenoxy) is 4. The Balaban J connectivity index is 1.74. The zero-order chi connectivity index (χ0) is 31.1. The van der Waals surface area contributed by atoms with Gasteiger partial charge in [0.1, 0.15) is 12.2 Å². The molecule has 0 spiro atoms. The van der Waals surface area contributed by atoms with Crippen molar-refractivity contribution in [3.05, 3.63) is 62.9 Å². The highest BCUT2D eigenvalue weighted by Crippen LogP contribution is 2.37. The van der Waals surface area contributed by atoms with E-state index in [1.54, 1.807) is 36.4 Å². The van der Waals surface area contributed by atoms with Gasteiger partial charge in [-0.15, -0.1) is 0 Å². The first-order valence-electron chi connectivity index (χ1n) is 13.5. The summed E-state index contributed by atoms with van der Waals surface area (Å²) in [4.78, 5) is 28.5. The van der Waals surface area contributed by atoms with E-state index in [2.05, 4.69) is 5.32 Å². The number of carbonyl (C=O) groups excluding carboxylic acids is 2. The number of carbonyl (C=O) groups is 2. The van der Waals surface area contributed by atoms with Crippen LogP contribution in [0.1, 0.15) is 22.5 Å². The lowest BCUT2D eigenvalue weighted by Crippen LogP contribution is -2.55. The Hall–Kier alpha value is -3.37. The van der Waals surface area contributed by atoms with Crippen LogP contribution in [0, 0.1) is 3.57 Å². The molecule has 1 aliphatic carbocycles. The number of amides is 2. The van der Waals surface area contributed by atoms with Crippen LogP contribution in [0.4, 0.5) is 0 Å². The standard InChI is InChI=1S/C30H35IN2O10/c1-39-10-8-33(30(38)25-14-18-5-4-6-22(40-2)27(18)43-25)21-13-19(29(37)32-7-9-34)15-23(26(21)36)42-28-20(31)11-17(16-35)12-24(28)41-3/h4-6,11-12,14-15,21,23,26,34-36H,7-10,13,16H2,1-3H3,(H,32,37)/t21-,23+,26+/m1/s1. The molecule has 2 amide bonds. The van der Waals surface area contributed by atoms with Crippen molar-refractivity contribution in [3.8, 4) is 17.2 Å². The van der Waals surface area contributed by atoms with E-state index in [1.165, 1.54) is 32.3 Å². The van der Waals surface area contributed by atoms with Crippen molar-refractivity contribution in [1.82, 2.24) is 10.2 Å². The van der Waals surface area contributed by atoms with Gasteiger partial charge in [0.15, 0.2) is 28.6 Å². The molecule has 13 heteroatoms. The monoisotopic (exact) mass is 710 g/mol. The maximum atomic E-state index is 14.0. The lowest BCUT2D eigenvalue weighted by Gasteiger charge is -2.40. The van der Waals surface area contributed by atoms with Crippen LogP contribution in [0.5, 0.6) is 17.2 Å². The summed E-state index contributed by atoms with van der Waals surface area (Å²) < 4.78 is 29.0. The fourth-order valence-corrected chi connectivity index (χ4v) is 5.74. The molecule has 0 unspecified atom stereocenters. The number of rotatable bonds is 13. The number of halogens is 1. The minimum absolute atomic E-state index is 0.00499. The molecule has 1 aromatic heterocycles. The molecule has 0 saturated heterocycles. The van der Waals surface area contributed by atoms with Gasteiger partial charge in [-0.05, 0) is 58.5 Å². The second-order valence-electron chi connectivity index (χ2n) is 9.76. The highest BCUT2D eigenvalue weighted by Gasteiger charge is 2.41. The van der Waals surface area contributed by atoms with E-state index in [0.29, 0.717) is 37.4 Å². The van der Waals surface area contributed by atoms with Gasteiger partial charge in [0.05, 0.1) is 43.7 Å². The van der Waals surface area contributed by atoms with Crippen LogP contribution in [0.15, 0.2) is 52.5 Å². The molecular weight excluding hydrogens is 675 g/mol. The predicted molar refractivity (Wildman–Crippen MR) is 164 cm³/mol. The van der Waals surface area contributed by atoms with Crippen molar-refractivity contribution in [2.75, 3.05) is 47.6 Å². The largest absolute Gasteiger partial charge is 0.493 e. The van der Waals surface area contributed by atoms with Crippen LogP contribution < -0.4 is 19.5 Å². The number of hydrogen-bond donors (Lipinski definition) is 4. The Bertz CT molecular complexity index is 1470. The number of benzene rings is 2. The molecule has 4 rings (SSSR count). The zero-order valence-electron chi connectivity index (χ0n) is 24.0. The van der Waals surface area contributed by atoms with Crippen LogP contribution in [-0.2, 0) is 16.1 Å². The van der Waals surface area contributed by atoms with Crippen molar-refractivity contribution < 1.29 is 48.3 Å². The molecule has 3 atom stereocenters. The number of nitrogens with zero attached hydrogens (tertiary/aromatic N) is 1. The highest BCUT2D eigenvalue weighted by molar-refractivity contribution is 14.1. The van der Waals surface area contributed by atoms with Gasteiger partial charge in [0.2, 0.25) is 5.91 Å². The second kappa shape index (κ2) is 14.9. The van der Waals surface area contributed by atoms with Crippen LogP contribution in [0.2, 0.25) is 0 Å². The van der Waals surface area contributed by atoms with Crippen molar-refractivity contribution >= 4 is 45.4 Å². The molecule has 4 N–H and O–H groups in total. The average Bonchev–Trinajstić information content (AvgIpc) is 3.46. The Kier molecular flexibility index (Phi) is 11.3. The summed E-state index contributed by atoms with van der Waals surface area (Å²) in [6, 6.07) is 9.31. The van der Waals surface area contributed by atoms with E-state index in [1.807, 2.05) is 22.6 Å². The fraction of sp³-hybridized carbons (Fsp3) is 0.400. The quantitative estimate of drug-likeness (QED) is 0.194. The van der Waals surface area contributed by atoms with Gasteiger partial charge >= 0.3 is 0 Å². The molecule has 0 bridgehead atoms. The lowest BCUT2D eigenvalue weighted by atomic mass is 9.88. The van der Waals surface area contributed by atoms with Crippen molar-refractivity contribution in [2.24, 2.45) is 0 Å². The van der Waals surface area contributed by atoms with Gasteiger partial charge in [0.25, 0.3) is 5.91 Å². The minimum Gasteiger partial charge on any atom is -0.493 e. The maximum absolute atomic E-state index is 14.0. The lowest BCUT2D eigenvalue weighted by molar-refractivity contribution is -0.118. The predicted octanol–water partition coefficient (Wildman–Crippen LogP) is 2.25. The van der Waals surface area contributed by atoms with Crippen LogP contribution in [0.25, 0.3) is 11.0 Å². The summed E-state index contributed by atoms with van der Waals surface area (Å²) in [7, 11) is 4.46. The van der Waals surface area contributed by atoms with Gasteiger partial charge < -0.3 is 48.9 Å².